The lowest BCUT2D eigenvalue weighted by atomic mass is 10.1. The van der Waals surface area contributed by atoms with E-state index in [9.17, 15) is 4.79 Å². The second-order valence-corrected chi connectivity index (χ2v) is 6.41. The molecule has 126 valence electrons. The van der Waals surface area contributed by atoms with Crippen LogP contribution in [0.2, 0.25) is 0 Å². The van der Waals surface area contributed by atoms with Gasteiger partial charge in [0.25, 0.3) is 0 Å². The highest BCUT2D eigenvalue weighted by atomic mass is 79.9. The van der Waals surface area contributed by atoms with E-state index in [1.807, 2.05) is 37.3 Å². The van der Waals surface area contributed by atoms with Crippen molar-refractivity contribution >= 4 is 27.4 Å². The molecule has 0 atom stereocenters. The molecule has 0 saturated carbocycles. The average molecular weight is 388 g/mol. The van der Waals surface area contributed by atoms with Crippen LogP contribution >= 0.6 is 15.9 Å². The lowest BCUT2D eigenvalue weighted by Crippen LogP contribution is -1.99. The molecule has 4 heteroatoms. The van der Waals surface area contributed by atoms with E-state index in [4.69, 9.17) is 4.74 Å². The first-order valence-corrected chi connectivity index (χ1v) is 8.86. The zero-order chi connectivity index (χ0) is 17.4. The van der Waals surface area contributed by atoms with Crippen LogP contribution in [0.3, 0.4) is 0 Å². The van der Waals surface area contributed by atoms with Crippen molar-refractivity contribution in [2.45, 2.75) is 26.7 Å². The van der Waals surface area contributed by atoms with Gasteiger partial charge in [-0.05, 0) is 71.2 Å². The van der Waals surface area contributed by atoms with Gasteiger partial charge in [0, 0.05) is 22.3 Å². The summed E-state index contributed by atoms with van der Waals surface area (Å²) in [7, 11) is 0. The third kappa shape index (κ3) is 5.53. The molecule has 0 aliphatic carbocycles. The Hall–Kier alpha value is -2.07. The van der Waals surface area contributed by atoms with Crippen molar-refractivity contribution in [2.75, 3.05) is 11.9 Å². The summed E-state index contributed by atoms with van der Waals surface area (Å²) in [4.78, 5) is 12.2. The average Bonchev–Trinajstić information content (AvgIpc) is 2.57. The van der Waals surface area contributed by atoms with Gasteiger partial charge in [-0.3, -0.25) is 4.79 Å². The molecule has 0 amide bonds. The third-order valence-corrected chi connectivity index (χ3v) is 4.16. The molecule has 2 rings (SSSR count). The van der Waals surface area contributed by atoms with Gasteiger partial charge < -0.3 is 10.1 Å². The molecule has 0 heterocycles. The van der Waals surface area contributed by atoms with Crippen LogP contribution in [0.4, 0.5) is 5.69 Å². The number of rotatable bonds is 8. The van der Waals surface area contributed by atoms with Crippen molar-refractivity contribution in [3.63, 3.8) is 0 Å². The molecule has 24 heavy (non-hydrogen) atoms. The maximum Gasteiger partial charge on any atom is 0.187 e. The van der Waals surface area contributed by atoms with Gasteiger partial charge in [-0.1, -0.05) is 19.4 Å². The number of nitrogens with one attached hydrogen (secondary N) is 1. The molecule has 1 N–H and O–H groups in total. The van der Waals surface area contributed by atoms with E-state index in [1.54, 1.807) is 18.3 Å². The van der Waals surface area contributed by atoms with Crippen molar-refractivity contribution in [2.24, 2.45) is 0 Å². The summed E-state index contributed by atoms with van der Waals surface area (Å²) < 4.78 is 6.56. The molecular formula is C20H22BrNO2. The summed E-state index contributed by atoms with van der Waals surface area (Å²) in [5, 5.41) is 3.11. The van der Waals surface area contributed by atoms with Gasteiger partial charge in [-0.15, -0.1) is 0 Å². The molecule has 0 spiro atoms. The van der Waals surface area contributed by atoms with Crippen molar-refractivity contribution in [3.8, 4) is 5.75 Å². The molecule has 0 unspecified atom stereocenters. The second kappa shape index (κ2) is 9.28. The number of ether oxygens (including phenoxy) is 1. The molecule has 3 nitrogen and oxygen atoms in total. The lowest BCUT2D eigenvalue weighted by molar-refractivity contribution is 0.104. The number of hydrogen-bond donors (Lipinski definition) is 1. The van der Waals surface area contributed by atoms with Crippen LogP contribution in [0.25, 0.3) is 0 Å². The van der Waals surface area contributed by atoms with Crippen LogP contribution < -0.4 is 10.1 Å². The van der Waals surface area contributed by atoms with E-state index in [-0.39, 0.29) is 5.78 Å². The van der Waals surface area contributed by atoms with E-state index >= 15 is 0 Å². The Bertz CT molecular complexity index is 708. The normalized spacial score (nSPS) is 10.8. The second-order valence-electron chi connectivity index (χ2n) is 5.55. The maximum absolute atomic E-state index is 12.2. The Morgan fingerprint density at radius 1 is 1.21 bits per heavy atom. The number of carbonyl (C=O) groups is 1. The topological polar surface area (TPSA) is 38.3 Å². The number of unbranched alkanes of at least 4 members (excludes halogenated alkanes) is 1. The first-order chi connectivity index (χ1) is 11.6. The summed E-state index contributed by atoms with van der Waals surface area (Å²) in [6.45, 7) is 4.86. The fraction of sp³-hybridized carbons (Fsp3) is 0.250. The van der Waals surface area contributed by atoms with Gasteiger partial charge >= 0.3 is 0 Å². The van der Waals surface area contributed by atoms with Crippen molar-refractivity contribution in [1.82, 2.24) is 0 Å². The summed E-state index contributed by atoms with van der Waals surface area (Å²) in [6.07, 6.45) is 5.32. The Morgan fingerprint density at radius 2 is 1.96 bits per heavy atom. The van der Waals surface area contributed by atoms with E-state index in [1.165, 1.54) is 11.6 Å². The quantitative estimate of drug-likeness (QED) is 0.356. The zero-order valence-corrected chi connectivity index (χ0v) is 15.6. The SMILES string of the molecule is CCCCOc1ccc(C(=O)C=CNc2ccc(C)cc2Br)cc1. The molecule has 0 bridgehead atoms. The van der Waals surface area contributed by atoms with Crippen molar-refractivity contribution in [1.29, 1.82) is 0 Å². The largest absolute Gasteiger partial charge is 0.494 e. The standard InChI is InChI=1S/C20H22BrNO2/c1-3-4-13-24-17-8-6-16(7-9-17)20(23)11-12-22-19-10-5-15(2)14-18(19)21/h5-12,14,22H,3-4,13H2,1-2H3. The first-order valence-electron chi connectivity index (χ1n) is 8.06. The Labute approximate surface area is 151 Å². The number of anilines is 1. The fourth-order valence-corrected chi connectivity index (χ4v) is 2.70. The highest BCUT2D eigenvalue weighted by Crippen LogP contribution is 2.23. The highest BCUT2D eigenvalue weighted by molar-refractivity contribution is 9.10. The Kier molecular flexibility index (Phi) is 7.07. The van der Waals surface area contributed by atoms with Crippen LogP contribution in [0.1, 0.15) is 35.7 Å². The van der Waals surface area contributed by atoms with Crippen LogP contribution in [-0.2, 0) is 0 Å². The minimum atomic E-state index is -0.0501. The number of hydrogen-bond acceptors (Lipinski definition) is 3. The number of aryl methyl sites for hydroxylation is 1. The Morgan fingerprint density at radius 3 is 2.62 bits per heavy atom. The molecule has 2 aromatic carbocycles. The summed E-state index contributed by atoms with van der Waals surface area (Å²) in [5.41, 5.74) is 2.73. The van der Waals surface area contributed by atoms with Gasteiger partial charge in [0.1, 0.15) is 5.75 Å². The molecule has 0 fully saturated rings. The molecule has 0 aliphatic heterocycles. The smallest absolute Gasteiger partial charge is 0.187 e. The molecular weight excluding hydrogens is 366 g/mol. The third-order valence-electron chi connectivity index (χ3n) is 3.50. The van der Waals surface area contributed by atoms with Gasteiger partial charge in [0.2, 0.25) is 0 Å². The van der Waals surface area contributed by atoms with Crippen molar-refractivity contribution in [3.05, 3.63) is 70.3 Å². The van der Waals surface area contributed by atoms with Gasteiger partial charge in [0.15, 0.2) is 5.78 Å². The van der Waals surface area contributed by atoms with Crippen molar-refractivity contribution < 1.29 is 9.53 Å². The molecule has 0 radical (unpaired) electrons. The summed E-state index contributed by atoms with van der Waals surface area (Å²) >= 11 is 3.50. The predicted octanol–water partition coefficient (Wildman–Crippen LogP) is 5.74. The fourth-order valence-electron chi connectivity index (χ4n) is 2.09. The highest BCUT2D eigenvalue weighted by Gasteiger charge is 2.03. The van der Waals surface area contributed by atoms with Crippen LogP contribution in [0, 0.1) is 6.92 Å². The monoisotopic (exact) mass is 387 g/mol. The molecule has 0 saturated heterocycles. The summed E-state index contributed by atoms with van der Waals surface area (Å²) in [5.74, 6) is 0.747. The van der Waals surface area contributed by atoms with Crippen LogP contribution in [0.15, 0.2) is 59.2 Å². The summed E-state index contributed by atoms with van der Waals surface area (Å²) in [6, 6.07) is 13.2. The van der Waals surface area contributed by atoms with Crippen LogP contribution in [0.5, 0.6) is 5.75 Å². The number of halogens is 1. The van der Waals surface area contributed by atoms with Gasteiger partial charge in [0.05, 0.1) is 12.3 Å². The zero-order valence-electron chi connectivity index (χ0n) is 14.0. The number of benzene rings is 2. The van der Waals surface area contributed by atoms with Gasteiger partial charge in [-0.25, -0.2) is 0 Å². The van der Waals surface area contributed by atoms with E-state index < -0.39 is 0 Å². The predicted molar refractivity (Wildman–Crippen MR) is 103 cm³/mol. The van der Waals surface area contributed by atoms with E-state index in [2.05, 4.69) is 28.2 Å². The number of ketones is 1. The molecule has 0 aliphatic rings. The minimum Gasteiger partial charge on any atom is -0.494 e. The molecule has 2 aromatic rings. The Balaban J connectivity index is 1.91. The van der Waals surface area contributed by atoms with Crippen LogP contribution in [-0.4, -0.2) is 12.4 Å². The maximum atomic E-state index is 12.2. The number of carbonyl (C=O) groups excluding carboxylic acids is 1. The number of allylic oxidation sites excluding steroid dienone is 1. The van der Waals surface area contributed by atoms with E-state index in [0.717, 1.165) is 28.8 Å². The lowest BCUT2D eigenvalue weighted by Gasteiger charge is -2.06. The van der Waals surface area contributed by atoms with E-state index in [0.29, 0.717) is 12.2 Å². The first kappa shape index (κ1) is 18.3. The minimum absolute atomic E-state index is 0.0501. The van der Waals surface area contributed by atoms with Gasteiger partial charge in [-0.2, -0.15) is 0 Å². The molecule has 0 aromatic heterocycles.